The summed E-state index contributed by atoms with van der Waals surface area (Å²) in [5, 5.41) is 11.6. The van der Waals surface area contributed by atoms with Crippen molar-refractivity contribution in [3.8, 4) is 11.1 Å². The number of carbonyl (C=O) groups is 3. The van der Waals surface area contributed by atoms with Gasteiger partial charge in [-0.05, 0) is 63.3 Å². The van der Waals surface area contributed by atoms with Gasteiger partial charge in [-0.25, -0.2) is 4.79 Å². The first-order chi connectivity index (χ1) is 16.9. The highest BCUT2D eigenvalue weighted by Gasteiger charge is 2.29. The lowest BCUT2D eigenvalue weighted by molar-refractivity contribution is -0.137. The normalized spacial score (nSPS) is 11.9. The molecule has 2 amide bonds. The van der Waals surface area contributed by atoms with E-state index in [9.17, 15) is 14.4 Å². The minimum Gasteiger partial charge on any atom is -0.481 e. The van der Waals surface area contributed by atoms with Crippen molar-refractivity contribution in [1.29, 1.82) is 0 Å². The van der Waals surface area contributed by atoms with Gasteiger partial charge in [0.15, 0.2) is 0 Å². The number of carbonyl (C=O) groups excluding carboxylic acids is 2. The number of aliphatic carboxylic acids is 1. The first kappa shape index (κ1) is 24.5. The van der Waals surface area contributed by atoms with Gasteiger partial charge in [0.2, 0.25) is 0 Å². The SMILES string of the molecule is CCN(CCC(=O)O)C(=O)c1cc(NC(=O)OCC2c3ccccc3-c3ccccc32)ccc1Br. The van der Waals surface area contributed by atoms with Crippen LogP contribution in [0.1, 0.15) is 40.7 Å². The lowest BCUT2D eigenvalue weighted by Gasteiger charge is -2.21. The number of fused-ring (bicyclic) bond motifs is 3. The molecule has 0 aliphatic heterocycles. The van der Waals surface area contributed by atoms with Crippen LogP contribution in [0.15, 0.2) is 71.2 Å². The second-order valence-electron chi connectivity index (χ2n) is 8.17. The Hall–Kier alpha value is -3.65. The maximum absolute atomic E-state index is 12.9. The third kappa shape index (κ3) is 5.38. The Bertz CT molecular complexity index is 1230. The molecule has 0 atom stereocenters. The number of rotatable bonds is 8. The van der Waals surface area contributed by atoms with E-state index >= 15 is 0 Å². The molecular formula is C27H25BrN2O5. The van der Waals surface area contributed by atoms with Crippen molar-refractivity contribution in [3.05, 3.63) is 87.9 Å². The van der Waals surface area contributed by atoms with E-state index in [0.717, 1.165) is 22.3 Å². The van der Waals surface area contributed by atoms with Crippen LogP contribution in [0.25, 0.3) is 11.1 Å². The number of ether oxygens (including phenoxy) is 1. The van der Waals surface area contributed by atoms with Gasteiger partial charge >= 0.3 is 12.1 Å². The number of halogens is 1. The van der Waals surface area contributed by atoms with E-state index in [-0.39, 0.29) is 31.4 Å². The fourth-order valence-corrected chi connectivity index (χ4v) is 4.74. The number of anilines is 1. The number of carboxylic acids is 1. The van der Waals surface area contributed by atoms with Gasteiger partial charge in [-0.2, -0.15) is 0 Å². The molecule has 8 heteroatoms. The summed E-state index contributed by atoms with van der Waals surface area (Å²) in [5.74, 6) is -1.35. The van der Waals surface area contributed by atoms with Crippen LogP contribution in [0.4, 0.5) is 10.5 Å². The Labute approximate surface area is 211 Å². The highest BCUT2D eigenvalue weighted by Crippen LogP contribution is 2.44. The summed E-state index contributed by atoms with van der Waals surface area (Å²) in [6, 6.07) is 21.1. The van der Waals surface area contributed by atoms with Crippen LogP contribution in [-0.2, 0) is 9.53 Å². The Morgan fingerprint density at radius 1 is 1.00 bits per heavy atom. The van der Waals surface area contributed by atoms with Crippen molar-refractivity contribution in [2.24, 2.45) is 0 Å². The number of nitrogens with one attached hydrogen (secondary N) is 1. The molecule has 35 heavy (non-hydrogen) atoms. The summed E-state index contributed by atoms with van der Waals surface area (Å²) in [5.41, 5.74) is 5.28. The Kier molecular flexibility index (Phi) is 7.51. The number of hydrogen-bond donors (Lipinski definition) is 2. The highest BCUT2D eigenvalue weighted by molar-refractivity contribution is 9.10. The molecular weight excluding hydrogens is 512 g/mol. The van der Waals surface area contributed by atoms with E-state index in [1.807, 2.05) is 24.3 Å². The average molecular weight is 537 g/mol. The summed E-state index contributed by atoms with van der Waals surface area (Å²) < 4.78 is 6.14. The van der Waals surface area contributed by atoms with E-state index in [4.69, 9.17) is 9.84 Å². The third-order valence-corrected chi connectivity index (χ3v) is 6.74. The molecule has 1 aliphatic rings. The van der Waals surface area contributed by atoms with Gasteiger partial charge in [-0.3, -0.25) is 14.9 Å². The zero-order chi connectivity index (χ0) is 24.9. The highest BCUT2D eigenvalue weighted by atomic mass is 79.9. The maximum Gasteiger partial charge on any atom is 0.411 e. The fraction of sp³-hybridized carbons (Fsp3) is 0.222. The number of hydrogen-bond acceptors (Lipinski definition) is 4. The lowest BCUT2D eigenvalue weighted by atomic mass is 9.98. The molecule has 0 aromatic heterocycles. The molecule has 4 rings (SSSR count). The van der Waals surface area contributed by atoms with Crippen molar-refractivity contribution in [2.75, 3.05) is 25.0 Å². The third-order valence-electron chi connectivity index (χ3n) is 6.05. The predicted molar refractivity (Wildman–Crippen MR) is 137 cm³/mol. The molecule has 7 nitrogen and oxygen atoms in total. The number of amides is 2. The molecule has 3 aromatic carbocycles. The molecule has 0 saturated carbocycles. The summed E-state index contributed by atoms with van der Waals surface area (Å²) >= 11 is 3.37. The first-order valence-electron chi connectivity index (χ1n) is 11.3. The van der Waals surface area contributed by atoms with Crippen molar-refractivity contribution < 1.29 is 24.2 Å². The summed E-state index contributed by atoms with van der Waals surface area (Å²) in [7, 11) is 0. The Balaban J connectivity index is 1.44. The summed E-state index contributed by atoms with van der Waals surface area (Å²) in [6.07, 6.45) is -0.764. The van der Waals surface area contributed by atoms with Gasteiger partial charge in [-0.1, -0.05) is 48.5 Å². The molecule has 0 bridgehead atoms. The van der Waals surface area contributed by atoms with Crippen LogP contribution < -0.4 is 5.32 Å². The Morgan fingerprint density at radius 2 is 1.63 bits per heavy atom. The monoisotopic (exact) mass is 536 g/mol. The van der Waals surface area contributed by atoms with Gasteiger partial charge in [0.25, 0.3) is 5.91 Å². The van der Waals surface area contributed by atoms with E-state index in [1.54, 1.807) is 25.1 Å². The van der Waals surface area contributed by atoms with Gasteiger partial charge in [0.05, 0.1) is 12.0 Å². The first-order valence-corrected chi connectivity index (χ1v) is 12.1. The minimum atomic E-state index is -0.971. The van der Waals surface area contributed by atoms with E-state index in [2.05, 4.69) is 45.5 Å². The van der Waals surface area contributed by atoms with Crippen molar-refractivity contribution in [2.45, 2.75) is 19.3 Å². The van der Waals surface area contributed by atoms with E-state index in [0.29, 0.717) is 22.3 Å². The smallest absolute Gasteiger partial charge is 0.411 e. The molecule has 3 aromatic rings. The number of benzene rings is 3. The fourth-order valence-electron chi connectivity index (χ4n) is 4.32. The molecule has 0 radical (unpaired) electrons. The standard InChI is InChI=1S/C27H25BrN2O5/c1-2-30(14-13-25(31)32)26(33)22-15-17(11-12-24(22)28)29-27(34)35-16-23-20-9-5-3-7-18(20)19-8-4-6-10-21(19)23/h3-12,15,23H,2,13-14,16H2,1H3,(H,29,34)(H,31,32). The number of carboxylic acid groups (broad SMARTS) is 1. The van der Waals surface area contributed by atoms with Crippen LogP contribution in [0.5, 0.6) is 0 Å². The Morgan fingerprint density at radius 3 is 2.23 bits per heavy atom. The molecule has 0 unspecified atom stereocenters. The van der Waals surface area contributed by atoms with Gasteiger partial charge in [0.1, 0.15) is 6.61 Å². The maximum atomic E-state index is 12.9. The van der Waals surface area contributed by atoms with Crippen molar-refractivity contribution in [3.63, 3.8) is 0 Å². The second-order valence-corrected chi connectivity index (χ2v) is 9.03. The minimum absolute atomic E-state index is 0.0532. The van der Waals surface area contributed by atoms with Crippen molar-refractivity contribution in [1.82, 2.24) is 4.90 Å². The second kappa shape index (κ2) is 10.7. The zero-order valence-electron chi connectivity index (χ0n) is 19.2. The van der Waals surface area contributed by atoms with Crippen LogP contribution in [0.2, 0.25) is 0 Å². The topological polar surface area (TPSA) is 95.9 Å². The van der Waals surface area contributed by atoms with Gasteiger partial charge in [-0.15, -0.1) is 0 Å². The summed E-state index contributed by atoms with van der Waals surface area (Å²) in [4.78, 5) is 37.9. The largest absolute Gasteiger partial charge is 0.481 e. The number of nitrogens with zero attached hydrogens (tertiary/aromatic N) is 1. The van der Waals surface area contributed by atoms with Crippen LogP contribution in [0.3, 0.4) is 0 Å². The zero-order valence-corrected chi connectivity index (χ0v) is 20.7. The van der Waals surface area contributed by atoms with Gasteiger partial charge < -0.3 is 14.7 Å². The molecule has 0 spiro atoms. The molecule has 1 aliphatic carbocycles. The van der Waals surface area contributed by atoms with Crippen LogP contribution in [-0.4, -0.2) is 47.7 Å². The van der Waals surface area contributed by atoms with Crippen LogP contribution in [0, 0.1) is 0 Å². The quantitative estimate of drug-likeness (QED) is 0.382. The molecule has 180 valence electrons. The average Bonchev–Trinajstić information content (AvgIpc) is 3.17. The molecule has 0 fully saturated rings. The summed E-state index contributed by atoms with van der Waals surface area (Å²) in [6.45, 7) is 2.43. The lowest BCUT2D eigenvalue weighted by Crippen LogP contribution is -2.33. The van der Waals surface area contributed by atoms with E-state index < -0.39 is 12.1 Å². The van der Waals surface area contributed by atoms with Crippen LogP contribution >= 0.6 is 15.9 Å². The molecule has 0 heterocycles. The van der Waals surface area contributed by atoms with E-state index in [1.165, 1.54) is 4.90 Å². The van der Waals surface area contributed by atoms with Crippen molar-refractivity contribution >= 4 is 39.6 Å². The predicted octanol–water partition coefficient (Wildman–Crippen LogP) is 5.75. The molecule has 2 N–H and O–H groups in total. The molecule has 0 saturated heterocycles. The van der Waals surface area contributed by atoms with Gasteiger partial charge in [0, 0.05) is 29.2 Å².